The van der Waals surface area contributed by atoms with Crippen molar-refractivity contribution in [3.8, 4) is 22.5 Å². The lowest BCUT2D eigenvalue weighted by atomic mass is 10.0. The van der Waals surface area contributed by atoms with Crippen LogP contribution in [0.4, 0.5) is 5.82 Å². The number of nitrogens with two attached hydrogens (primary N) is 1. The first-order valence-corrected chi connectivity index (χ1v) is 7.57. The third kappa shape index (κ3) is 2.79. The fourth-order valence-corrected chi connectivity index (χ4v) is 2.68. The van der Waals surface area contributed by atoms with Crippen molar-refractivity contribution in [2.24, 2.45) is 0 Å². The van der Waals surface area contributed by atoms with Crippen LogP contribution in [-0.4, -0.2) is 5.16 Å². The van der Waals surface area contributed by atoms with Crippen LogP contribution in [0.3, 0.4) is 0 Å². The van der Waals surface area contributed by atoms with Gasteiger partial charge in [-0.15, -0.1) is 0 Å². The van der Waals surface area contributed by atoms with Gasteiger partial charge in [0.1, 0.15) is 0 Å². The van der Waals surface area contributed by atoms with Crippen LogP contribution < -0.4 is 5.73 Å². The number of hydrogen-bond donors (Lipinski definition) is 1. The summed E-state index contributed by atoms with van der Waals surface area (Å²) >= 11 is 15.5. The highest BCUT2D eigenvalue weighted by Crippen LogP contribution is 2.39. The van der Waals surface area contributed by atoms with Crippen LogP contribution in [0.15, 0.2) is 51.5 Å². The van der Waals surface area contributed by atoms with E-state index in [1.807, 2.05) is 30.3 Å². The summed E-state index contributed by atoms with van der Waals surface area (Å²) in [7, 11) is 0. The summed E-state index contributed by atoms with van der Waals surface area (Å²) in [6, 6.07) is 12.9. The summed E-state index contributed by atoms with van der Waals surface area (Å²) in [6.07, 6.45) is 0. The van der Waals surface area contributed by atoms with Gasteiger partial charge in [0.25, 0.3) is 0 Å². The fourth-order valence-electron chi connectivity index (χ4n) is 2.06. The molecule has 0 atom stereocenters. The van der Waals surface area contributed by atoms with E-state index in [1.54, 1.807) is 12.1 Å². The quantitative estimate of drug-likeness (QED) is 0.621. The van der Waals surface area contributed by atoms with Gasteiger partial charge in [0.15, 0.2) is 11.6 Å². The number of aromatic nitrogens is 1. The molecule has 0 aliphatic carbocycles. The van der Waals surface area contributed by atoms with Gasteiger partial charge in [0.05, 0.1) is 10.6 Å². The van der Waals surface area contributed by atoms with Crippen LogP contribution in [0, 0.1) is 0 Å². The summed E-state index contributed by atoms with van der Waals surface area (Å²) in [4.78, 5) is 0. The number of hydrogen-bond acceptors (Lipinski definition) is 3. The molecule has 3 aromatic rings. The maximum absolute atomic E-state index is 6.13. The van der Waals surface area contributed by atoms with Gasteiger partial charge in [-0.2, -0.15) is 0 Å². The Morgan fingerprint density at radius 1 is 1.05 bits per heavy atom. The molecule has 0 saturated carbocycles. The summed E-state index contributed by atoms with van der Waals surface area (Å²) in [5, 5.41) is 5.06. The summed E-state index contributed by atoms with van der Waals surface area (Å²) < 4.78 is 6.19. The normalized spacial score (nSPS) is 10.8. The Morgan fingerprint density at radius 3 is 2.57 bits per heavy atom. The zero-order valence-electron chi connectivity index (χ0n) is 10.6. The zero-order valence-corrected chi connectivity index (χ0v) is 13.7. The molecule has 2 aromatic carbocycles. The van der Waals surface area contributed by atoms with Crippen LogP contribution in [0.5, 0.6) is 0 Å². The van der Waals surface area contributed by atoms with Gasteiger partial charge in [-0.3, -0.25) is 0 Å². The van der Waals surface area contributed by atoms with Crippen molar-refractivity contribution in [3.05, 3.63) is 57.0 Å². The molecular formula is C15H9BrCl2N2O. The summed E-state index contributed by atoms with van der Waals surface area (Å²) in [5.74, 6) is 0.871. The second-order valence-electron chi connectivity index (χ2n) is 4.41. The molecule has 0 saturated heterocycles. The molecule has 0 unspecified atom stereocenters. The first-order chi connectivity index (χ1) is 10.1. The maximum Gasteiger partial charge on any atom is 0.176 e. The lowest BCUT2D eigenvalue weighted by Crippen LogP contribution is -1.89. The molecule has 3 rings (SSSR count). The molecule has 21 heavy (non-hydrogen) atoms. The van der Waals surface area contributed by atoms with Crippen molar-refractivity contribution < 1.29 is 4.52 Å². The number of benzene rings is 2. The van der Waals surface area contributed by atoms with Gasteiger partial charge in [-0.25, -0.2) is 0 Å². The zero-order chi connectivity index (χ0) is 15.0. The van der Waals surface area contributed by atoms with E-state index < -0.39 is 0 Å². The Hall–Kier alpha value is -1.49. The summed E-state index contributed by atoms with van der Waals surface area (Å²) in [6.45, 7) is 0. The fraction of sp³-hybridized carbons (Fsp3) is 0. The van der Waals surface area contributed by atoms with Gasteiger partial charge in [0.2, 0.25) is 0 Å². The number of rotatable bonds is 2. The Kier molecular flexibility index (Phi) is 3.93. The Bertz CT molecular complexity index is 817. The minimum Gasteiger partial charge on any atom is -0.380 e. The van der Waals surface area contributed by atoms with Crippen LogP contribution in [0.2, 0.25) is 10.0 Å². The SMILES string of the molecule is Nc1noc(-c2ccc(Br)c(Cl)c2)c1-c1cccc(Cl)c1. The van der Waals surface area contributed by atoms with E-state index in [0.717, 1.165) is 15.6 Å². The highest BCUT2D eigenvalue weighted by molar-refractivity contribution is 9.10. The van der Waals surface area contributed by atoms with Crippen LogP contribution in [0.1, 0.15) is 0 Å². The predicted octanol–water partition coefficient (Wildman–Crippen LogP) is 5.66. The van der Waals surface area contributed by atoms with E-state index >= 15 is 0 Å². The van der Waals surface area contributed by atoms with Gasteiger partial charge >= 0.3 is 0 Å². The molecule has 106 valence electrons. The molecule has 1 heterocycles. The maximum atomic E-state index is 6.13. The number of nitrogen functional groups attached to an aromatic ring is 1. The largest absolute Gasteiger partial charge is 0.380 e. The monoisotopic (exact) mass is 382 g/mol. The predicted molar refractivity (Wildman–Crippen MR) is 89.5 cm³/mol. The molecule has 1 aromatic heterocycles. The van der Waals surface area contributed by atoms with Crippen molar-refractivity contribution >= 4 is 44.9 Å². The van der Waals surface area contributed by atoms with Gasteiger partial charge in [-0.1, -0.05) is 40.5 Å². The molecule has 6 heteroatoms. The first-order valence-electron chi connectivity index (χ1n) is 6.03. The van der Waals surface area contributed by atoms with Gasteiger partial charge < -0.3 is 10.3 Å². The average Bonchev–Trinajstić information content (AvgIpc) is 2.84. The molecule has 0 bridgehead atoms. The molecule has 0 fully saturated rings. The van der Waals surface area contributed by atoms with E-state index in [-0.39, 0.29) is 0 Å². The van der Waals surface area contributed by atoms with E-state index in [9.17, 15) is 0 Å². The summed E-state index contributed by atoms with van der Waals surface area (Å²) in [5.41, 5.74) is 8.28. The van der Waals surface area contributed by atoms with Gasteiger partial charge in [0, 0.05) is 15.1 Å². The average molecular weight is 384 g/mol. The van der Waals surface area contributed by atoms with E-state index in [2.05, 4.69) is 21.1 Å². The highest BCUT2D eigenvalue weighted by Gasteiger charge is 2.18. The second kappa shape index (κ2) is 5.72. The number of anilines is 1. The van der Waals surface area contributed by atoms with Gasteiger partial charge in [-0.05, 0) is 51.8 Å². The smallest absolute Gasteiger partial charge is 0.176 e. The minimum atomic E-state index is 0.311. The van der Waals surface area contributed by atoms with Crippen molar-refractivity contribution in [3.63, 3.8) is 0 Å². The molecule has 0 aliphatic heterocycles. The van der Waals surface area contributed by atoms with Crippen molar-refractivity contribution in [2.75, 3.05) is 5.73 Å². The first kappa shape index (κ1) is 14.4. The molecule has 0 aliphatic rings. The van der Waals surface area contributed by atoms with Crippen molar-refractivity contribution in [1.82, 2.24) is 5.16 Å². The van der Waals surface area contributed by atoms with E-state index in [0.29, 0.717) is 27.2 Å². The third-order valence-corrected chi connectivity index (χ3v) is 4.48. The van der Waals surface area contributed by atoms with E-state index in [1.165, 1.54) is 0 Å². The molecule has 3 nitrogen and oxygen atoms in total. The number of nitrogens with zero attached hydrogens (tertiary/aromatic N) is 1. The van der Waals surface area contributed by atoms with E-state index in [4.69, 9.17) is 33.5 Å². The van der Waals surface area contributed by atoms with Crippen LogP contribution in [-0.2, 0) is 0 Å². The number of halogens is 3. The lowest BCUT2D eigenvalue weighted by molar-refractivity contribution is 0.436. The Labute approximate surface area is 139 Å². The molecular weight excluding hydrogens is 375 g/mol. The van der Waals surface area contributed by atoms with Crippen LogP contribution in [0.25, 0.3) is 22.5 Å². The molecule has 0 radical (unpaired) electrons. The highest BCUT2D eigenvalue weighted by atomic mass is 79.9. The molecule has 0 amide bonds. The Morgan fingerprint density at radius 2 is 1.86 bits per heavy atom. The molecule has 0 spiro atoms. The topological polar surface area (TPSA) is 52.0 Å². The minimum absolute atomic E-state index is 0.311. The van der Waals surface area contributed by atoms with Crippen molar-refractivity contribution in [2.45, 2.75) is 0 Å². The van der Waals surface area contributed by atoms with Crippen molar-refractivity contribution in [1.29, 1.82) is 0 Å². The lowest BCUT2D eigenvalue weighted by Gasteiger charge is -2.04. The standard InChI is InChI=1S/C15H9BrCl2N2O/c16-11-5-4-9(7-12(11)18)14-13(15(19)20-21-14)8-2-1-3-10(17)6-8/h1-7H,(H2,19,20). The van der Waals surface area contributed by atoms with Crippen LogP contribution >= 0.6 is 39.1 Å². The third-order valence-electron chi connectivity index (χ3n) is 3.01. The molecule has 2 N–H and O–H groups in total. The second-order valence-corrected chi connectivity index (χ2v) is 6.11. The Balaban J connectivity index is 2.19.